The number of imidazole rings is 1. The molecule has 0 N–H and O–H groups in total. The van der Waals surface area contributed by atoms with Gasteiger partial charge in [0.25, 0.3) is 5.91 Å². The van der Waals surface area contributed by atoms with Gasteiger partial charge in [0.2, 0.25) is 0 Å². The molecule has 1 aliphatic carbocycles. The molecule has 1 saturated carbocycles. The lowest BCUT2D eigenvalue weighted by molar-refractivity contribution is 0.0777. The second-order valence-electron chi connectivity index (χ2n) is 8.60. The minimum absolute atomic E-state index is 0.00489. The molecule has 1 amide bonds. The number of rotatable bonds is 5. The molecule has 1 aliphatic heterocycles. The Morgan fingerprint density at radius 2 is 1.97 bits per heavy atom. The van der Waals surface area contributed by atoms with Gasteiger partial charge in [0.1, 0.15) is 5.65 Å². The van der Waals surface area contributed by atoms with E-state index in [1.54, 1.807) is 4.90 Å². The van der Waals surface area contributed by atoms with Gasteiger partial charge in [-0.15, -0.1) is 0 Å². The van der Waals surface area contributed by atoms with Crippen LogP contribution in [-0.4, -0.2) is 44.7 Å². The number of hydrogen-bond acceptors (Lipinski definition) is 3. The largest absolute Gasteiger partial charge is 0.336 e. The van der Waals surface area contributed by atoms with Crippen LogP contribution in [0.3, 0.4) is 0 Å². The number of hydrogen-bond donors (Lipinski definition) is 0. The van der Waals surface area contributed by atoms with Gasteiger partial charge in [0.15, 0.2) is 5.69 Å². The van der Waals surface area contributed by atoms with E-state index in [2.05, 4.69) is 21.4 Å². The summed E-state index contributed by atoms with van der Waals surface area (Å²) in [6, 6.07) is 16.8. The molecule has 1 aromatic carbocycles. The number of carbonyl (C=O) groups is 1. The topological polar surface area (TPSA) is 40.9 Å². The highest BCUT2D eigenvalue weighted by molar-refractivity contribution is 5.94. The van der Waals surface area contributed by atoms with Crippen molar-refractivity contribution in [1.29, 1.82) is 0 Å². The zero-order valence-corrected chi connectivity index (χ0v) is 17.0. The first-order valence-corrected chi connectivity index (χ1v) is 10.7. The zero-order chi connectivity index (χ0) is 19.8. The summed E-state index contributed by atoms with van der Waals surface area (Å²) in [6.45, 7) is 2.53. The van der Waals surface area contributed by atoms with Crippen LogP contribution in [0.25, 0.3) is 5.65 Å². The Labute approximate surface area is 172 Å². The molecule has 2 atom stereocenters. The summed E-state index contributed by atoms with van der Waals surface area (Å²) in [5.41, 5.74) is 3.59. The fourth-order valence-electron chi connectivity index (χ4n) is 5.11. The molecule has 150 valence electrons. The molecule has 5 nitrogen and oxygen atoms in total. The Hall–Kier alpha value is -2.66. The molecule has 3 aromatic rings. The number of fused-ring (bicyclic) bond motifs is 3. The number of likely N-dealkylation sites (tertiary alicyclic amines) is 1. The Bertz CT molecular complexity index is 1010. The van der Waals surface area contributed by atoms with Gasteiger partial charge < -0.3 is 9.30 Å². The fraction of sp³-hybridized carbons (Fsp3) is 0.417. The van der Waals surface area contributed by atoms with E-state index in [-0.39, 0.29) is 5.91 Å². The Morgan fingerprint density at radius 3 is 2.79 bits per heavy atom. The second-order valence-corrected chi connectivity index (χ2v) is 8.60. The minimum atomic E-state index is -0.00489. The summed E-state index contributed by atoms with van der Waals surface area (Å²) in [5, 5.41) is 0. The van der Waals surface area contributed by atoms with Gasteiger partial charge in [-0.3, -0.25) is 9.69 Å². The number of nitrogens with zero attached hydrogens (tertiary/aromatic N) is 4. The van der Waals surface area contributed by atoms with E-state index in [4.69, 9.17) is 4.98 Å². The molecule has 5 rings (SSSR count). The molecular weight excluding hydrogens is 360 g/mol. The highest BCUT2D eigenvalue weighted by atomic mass is 16.2. The van der Waals surface area contributed by atoms with Gasteiger partial charge in [-0.1, -0.05) is 42.8 Å². The molecule has 0 radical (unpaired) electrons. The Kier molecular flexibility index (Phi) is 4.84. The van der Waals surface area contributed by atoms with Crippen LogP contribution in [-0.2, 0) is 13.1 Å². The number of carbonyl (C=O) groups excluding carboxylic acids is 1. The van der Waals surface area contributed by atoms with Crippen LogP contribution in [0.2, 0.25) is 0 Å². The van der Waals surface area contributed by atoms with Gasteiger partial charge in [-0.05, 0) is 42.9 Å². The van der Waals surface area contributed by atoms with Crippen LogP contribution < -0.4 is 0 Å². The number of aromatic nitrogens is 2. The van der Waals surface area contributed by atoms with E-state index in [0.717, 1.165) is 35.9 Å². The molecule has 0 unspecified atom stereocenters. The van der Waals surface area contributed by atoms with Crippen molar-refractivity contribution in [3.63, 3.8) is 0 Å². The molecular formula is C24H28N4O. The predicted octanol–water partition coefficient (Wildman–Crippen LogP) is 3.98. The summed E-state index contributed by atoms with van der Waals surface area (Å²) in [4.78, 5) is 22.5. The lowest BCUT2D eigenvalue weighted by Gasteiger charge is -2.25. The van der Waals surface area contributed by atoms with Crippen molar-refractivity contribution >= 4 is 11.6 Å². The van der Waals surface area contributed by atoms with E-state index in [9.17, 15) is 4.79 Å². The van der Waals surface area contributed by atoms with Crippen LogP contribution in [0, 0.1) is 5.92 Å². The average Bonchev–Trinajstić information content (AvgIpc) is 3.25. The first-order chi connectivity index (χ1) is 14.2. The summed E-state index contributed by atoms with van der Waals surface area (Å²) < 4.78 is 2.10. The van der Waals surface area contributed by atoms with Gasteiger partial charge in [-0.2, -0.15) is 0 Å². The van der Waals surface area contributed by atoms with Crippen molar-refractivity contribution in [2.45, 2.75) is 44.8 Å². The van der Waals surface area contributed by atoms with Crippen molar-refractivity contribution < 1.29 is 4.79 Å². The van der Waals surface area contributed by atoms with Gasteiger partial charge >= 0.3 is 0 Å². The number of amides is 1. The summed E-state index contributed by atoms with van der Waals surface area (Å²) in [7, 11) is 1.87. The average molecular weight is 389 g/mol. The van der Waals surface area contributed by atoms with Gasteiger partial charge in [0, 0.05) is 38.9 Å². The van der Waals surface area contributed by atoms with Crippen molar-refractivity contribution in [3.8, 4) is 0 Å². The molecule has 2 fully saturated rings. The van der Waals surface area contributed by atoms with E-state index in [1.165, 1.54) is 25.7 Å². The van der Waals surface area contributed by atoms with Crippen LogP contribution in [0.4, 0.5) is 0 Å². The summed E-state index contributed by atoms with van der Waals surface area (Å²) in [5.74, 6) is 0.822. The SMILES string of the molecule is CN(Cc1ccccc1)C(=O)c1nc2ccccn2c1CN1C[C@@H]2CCC[C@H]1C2. The third-order valence-electron chi connectivity index (χ3n) is 6.56. The number of benzene rings is 1. The van der Waals surface area contributed by atoms with Crippen LogP contribution in [0.5, 0.6) is 0 Å². The maximum Gasteiger partial charge on any atom is 0.274 e. The minimum Gasteiger partial charge on any atom is -0.336 e. The fourth-order valence-corrected chi connectivity index (χ4v) is 5.11. The maximum absolute atomic E-state index is 13.4. The van der Waals surface area contributed by atoms with Gasteiger partial charge in [-0.25, -0.2) is 4.98 Å². The van der Waals surface area contributed by atoms with Crippen molar-refractivity contribution in [2.75, 3.05) is 13.6 Å². The molecule has 1 saturated heterocycles. The quantitative estimate of drug-likeness (QED) is 0.664. The third-order valence-corrected chi connectivity index (χ3v) is 6.56. The highest BCUT2D eigenvalue weighted by Gasteiger charge is 2.36. The molecule has 2 aromatic heterocycles. The van der Waals surface area contributed by atoms with Crippen molar-refractivity contribution in [3.05, 3.63) is 71.7 Å². The lowest BCUT2D eigenvalue weighted by atomic mass is 9.90. The number of pyridine rings is 1. The van der Waals surface area contributed by atoms with Crippen molar-refractivity contribution in [1.82, 2.24) is 19.2 Å². The Balaban J connectivity index is 1.45. The van der Waals surface area contributed by atoms with E-state index >= 15 is 0 Å². The second kappa shape index (κ2) is 7.64. The van der Waals surface area contributed by atoms with E-state index in [0.29, 0.717) is 18.3 Å². The first kappa shape index (κ1) is 18.4. The van der Waals surface area contributed by atoms with Crippen molar-refractivity contribution in [2.24, 2.45) is 5.92 Å². The summed E-state index contributed by atoms with van der Waals surface area (Å²) in [6.07, 6.45) is 7.32. The molecule has 0 spiro atoms. The van der Waals surface area contributed by atoms with E-state index < -0.39 is 0 Å². The molecule has 2 aliphatic rings. The third kappa shape index (κ3) is 3.55. The molecule has 2 bridgehead atoms. The highest BCUT2D eigenvalue weighted by Crippen LogP contribution is 2.36. The van der Waals surface area contributed by atoms with Crippen LogP contribution in [0.1, 0.15) is 47.4 Å². The molecule has 29 heavy (non-hydrogen) atoms. The normalized spacial score (nSPS) is 21.6. The monoisotopic (exact) mass is 388 g/mol. The Morgan fingerprint density at radius 1 is 1.14 bits per heavy atom. The van der Waals surface area contributed by atoms with Crippen LogP contribution in [0.15, 0.2) is 54.7 Å². The smallest absolute Gasteiger partial charge is 0.274 e. The molecule has 3 heterocycles. The first-order valence-electron chi connectivity index (χ1n) is 10.7. The predicted molar refractivity (Wildman–Crippen MR) is 114 cm³/mol. The zero-order valence-electron chi connectivity index (χ0n) is 17.0. The lowest BCUT2D eigenvalue weighted by Crippen LogP contribution is -2.32. The summed E-state index contributed by atoms with van der Waals surface area (Å²) >= 11 is 0. The maximum atomic E-state index is 13.4. The van der Waals surface area contributed by atoms with Gasteiger partial charge in [0.05, 0.1) is 5.69 Å². The standard InChI is InChI=1S/C24H28N4O/c1-26(15-18-8-3-2-4-9-18)24(29)23-21(28-13-6-5-12-22(28)25-23)17-27-16-19-10-7-11-20(27)14-19/h2-6,8-9,12-13,19-20H,7,10-11,14-17H2,1H3/t19-,20+/m1/s1. The molecule has 5 heteroatoms. The van der Waals surface area contributed by atoms with Crippen LogP contribution >= 0.6 is 0 Å². The van der Waals surface area contributed by atoms with E-state index in [1.807, 2.05) is 49.6 Å².